The normalized spacial score (nSPS) is 26.6. The lowest BCUT2D eigenvalue weighted by Crippen LogP contribution is -2.13. The SMILES string of the molecule is CN1C2C=CC1c1c(Br)c(Br)c(Br)c(Br)c12. The maximum Gasteiger partial charge on any atom is 0.0553 e. The van der Waals surface area contributed by atoms with E-state index < -0.39 is 0 Å². The quantitative estimate of drug-likeness (QED) is 0.280. The van der Waals surface area contributed by atoms with Crippen molar-refractivity contribution in [1.29, 1.82) is 0 Å². The van der Waals surface area contributed by atoms with Crippen LogP contribution in [0.25, 0.3) is 0 Å². The molecule has 2 heterocycles. The molecule has 1 aromatic carbocycles. The lowest BCUT2D eigenvalue weighted by Gasteiger charge is -2.16. The Morgan fingerprint density at radius 1 is 0.812 bits per heavy atom. The average Bonchev–Trinajstić information content (AvgIpc) is 2.77. The Bertz CT molecular complexity index is 478. The van der Waals surface area contributed by atoms with Crippen LogP contribution in [0.2, 0.25) is 0 Å². The van der Waals surface area contributed by atoms with E-state index in [-0.39, 0.29) is 0 Å². The van der Waals surface area contributed by atoms with Gasteiger partial charge in [-0.3, -0.25) is 4.90 Å². The standard InChI is InChI=1S/C11H7Br4N/c1-16-4-2-3-5(16)7-6(4)8(12)10(14)11(15)9(7)13/h2-5H,1H3. The molecule has 1 aromatic rings. The van der Waals surface area contributed by atoms with Crippen molar-refractivity contribution in [2.24, 2.45) is 0 Å². The summed E-state index contributed by atoms with van der Waals surface area (Å²) in [6, 6.07) is 0.796. The highest BCUT2D eigenvalue weighted by atomic mass is 79.9. The monoisotopic (exact) mass is 469 g/mol. The Kier molecular flexibility index (Phi) is 2.91. The van der Waals surface area contributed by atoms with Gasteiger partial charge in [-0.25, -0.2) is 0 Å². The van der Waals surface area contributed by atoms with Crippen molar-refractivity contribution in [3.63, 3.8) is 0 Å². The molecule has 0 saturated carbocycles. The zero-order valence-electron chi connectivity index (χ0n) is 8.27. The second kappa shape index (κ2) is 3.92. The van der Waals surface area contributed by atoms with Crippen LogP contribution in [0, 0.1) is 0 Å². The van der Waals surface area contributed by atoms with Crippen LogP contribution in [0.4, 0.5) is 0 Å². The molecule has 16 heavy (non-hydrogen) atoms. The second-order valence-corrected chi connectivity index (χ2v) is 7.20. The fourth-order valence-corrected chi connectivity index (χ4v) is 5.15. The molecule has 2 atom stereocenters. The number of benzene rings is 1. The van der Waals surface area contributed by atoms with Gasteiger partial charge in [0.05, 0.1) is 12.1 Å². The summed E-state index contributed by atoms with van der Waals surface area (Å²) in [5.41, 5.74) is 2.74. The first-order chi connectivity index (χ1) is 7.54. The Hall–Kier alpha value is 0.840. The minimum Gasteiger partial charge on any atom is -0.285 e. The van der Waals surface area contributed by atoms with Crippen LogP contribution in [0.3, 0.4) is 0 Å². The second-order valence-electron chi connectivity index (χ2n) is 4.02. The third-order valence-electron chi connectivity index (χ3n) is 3.29. The highest BCUT2D eigenvalue weighted by molar-refractivity contribution is 9.15. The molecule has 2 bridgehead atoms. The zero-order valence-corrected chi connectivity index (χ0v) is 14.6. The van der Waals surface area contributed by atoms with Gasteiger partial charge in [0.2, 0.25) is 0 Å². The minimum absolute atomic E-state index is 0.398. The van der Waals surface area contributed by atoms with Crippen molar-refractivity contribution in [2.45, 2.75) is 12.1 Å². The predicted octanol–water partition coefficient (Wildman–Crippen LogP) is 5.33. The largest absolute Gasteiger partial charge is 0.285 e. The molecule has 84 valence electrons. The molecule has 0 aliphatic carbocycles. The van der Waals surface area contributed by atoms with E-state index in [0.29, 0.717) is 12.1 Å². The maximum absolute atomic E-state index is 3.69. The van der Waals surface area contributed by atoms with Gasteiger partial charge >= 0.3 is 0 Å². The summed E-state index contributed by atoms with van der Waals surface area (Å²) in [6.45, 7) is 0. The smallest absolute Gasteiger partial charge is 0.0553 e. The molecule has 2 unspecified atom stereocenters. The first-order valence-corrected chi connectivity index (χ1v) is 7.97. The lowest BCUT2D eigenvalue weighted by molar-refractivity contribution is 0.299. The third-order valence-corrected chi connectivity index (χ3v) is 8.12. The molecule has 0 amide bonds. The number of nitrogens with zero attached hydrogens (tertiary/aromatic N) is 1. The molecule has 3 rings (SSSR count). The lowest BCUT2D eigenvalue weighted by atomic mass is 9.97. The number of hydrogen-bond donors (Lipinski definition) is 0. The fraction of sp³-hybridized carbons (Fsp3) is 0.273. The molecule has 0 N–H and O–H groups in total. The molecule has 1 nitrogen and oxygen atoms in total. The van der Waals surface area contributed by atoms with Crippen LogP contribution in [0.1, 0.15) is 23.2 Å². The van der Waals surface area contributed by atoms with Crippen LogP contribution >= 0.6 is 63.7 Å². The summed E-state index contributed by atoms with van der Waals surface area (Å²) in [6.07, 6.45) is 4.54. The Labute approximate surface area is 128 Å². The molecule has 2 aliphatic rings. The van der Waals surface area contributed by atoms with Gasteiger partial charge < -0.3 is 0 Å². The van der Waals surface area contributed by atoms with Crippen LogP contribution in [0.5, 0.6) is 0 Å². The summed E-state index contributed by atoms with van der Waals surface area (Å²) >= 11 is 14.6. The number of hydrogen-bond acceptors (Lipinski definition) is 1. The van der Waals surface area contributed by atoms with Crippen molar-refractivity contribution in [3.05, 3.63) is 41.2 Å². The van der Waals surface area contributed by atoms with E-state index in [0.717, 1.165) is 17.9 Å². The number of rotatable bonds is 0. The molecular formula is C11H7Br4N. The van der Waals surface area contributed by atoms with Gasteiger partial charge in [0.25, 0.3) is 0 Å². The van der Waals surface area contributed by atoms with E-state index in [1.165, 1.54) is 11.1 Å². The zero-order chi connectivity index (χ0) is 11.6. The molecule has 0 radical (unpaired) electrons. The molecule has 5 heteroatoms. The first kappa shape index (κ1) is 11.9. The van der Waals surface area contributed by atoms with Gasteiger partial charge in [0.15, 0.2) is 0 Å². The van der Waals surface area contributed by atoms with Crippen LogP contribution in [-0.2, 0) is 0 Å². The molecule has 0 aromatic heterocycles. The Morgan fingerprint density at radius 2 is 1.19 bits per heavy atom. The van der Waals surface area contributed by atoms with Crippen molar-refractivity contribution in [2.75, 3.05) is 7.05 Å². The average molecular weight is 473 g/mol. The summed E-state index contributed by atoms with van der Waals surface area (Å²) in [5, 5.41) is 0. The van der Waals surface area contributed by atoms with Gasteiger partial charge in [-0.15, -0.1) is 0 Å². The van der Waals surface area contributed by atoms with Gasteiger partial charge in [0.1, 0.15) is 0 Å². The molecule has 0 saturated heterocycles. The first-order valence-electron chi connectivity index (χ1n) is 4.80. The van der Waals surface area contributed by atoms with Crippen LogP contribution in [-0.4, -0.2) is 11.9 Å². The number of fused-ring (bicyclic) bond motifs is 5. The highest BCUT2D eigenvalue weighted by Gasteiger charge is 2.41. The van der Waals surface area contributed by atoms with Gasteiger partial charge in [-0.2, -0.15) is 0 Å². The molecule has 0 fully saturated rings. The molecular weight excluding hydrogens is 466 g/mol. The summed E-state index contributed by atoms with van der Waals surface area (Å²) < 4.78 is 4.46. The maximum atomic E-state index is 3.69. The number of halogens is 4. The fourth-order valence-electron chi connectivity index (χ4n) is 2.50. The Morgan fingerprint density at radius 3 is 1.56 bits per heavy atom. The van der Waals surface area contributed by atoms with Crippen molar-refractivity contribution in [3.8, 4) is 0 Å². The molecule has 2 aliphatic heterocycles. The van der Waals surface area contributed by atoms with E-state index in [1.54, 1.807) is 0 Å². The number of likely N-dealkylation sites (N-methyl/N-ethyl adjacent to an activating group) is 1. The van der Waals surface area contributed by atoms with Crippen LogP contribution < -0.4 is 0 Å². The topological polar surface area (TPSA) is 3.24 Å². The van der Waals surface area contributed by atoms with Crippen molar-refractivity contribution < 1.29 is 0 Å². The van der Waals surface area contributed by atoms with E-state index in [2.05, 4.69) is 87.8 Å². The summed E-state index contributed by atoms with van der Waals surface area (Å²) in [7, 11) is 2.16. The third kappa shape index (κ3) is 1.35. The minimum atomic E-state index is 0.398. The van der Waals surface area contributed by atoms with Crippen molar-refractivity contribution >= 4 is 63.7 Å². The van der Waals surface area contributed by atoms with E-state index >= 15 is 0 Å². The summed E-state index contributed by atoms with van der Waals surface area (Å²) in [5.74, 6) is 0. The van der Waals surface area contributed by atoms with E-state index in [4.69, 9.17) is 0 Å². The van der Waals surface area contributed by atoms with Crippen molar-refractivity contribution in [1.82, 2.24) is 4.90 Å². The molecule has 0 spiro atoms. The van der Waals surface area contributed by atoms with Gasteiger partial charge in [-0.1, -0.05) is 12.2 Å². The highest BCUT2D eigenvalue weighted by Crippen LogP contribution is 2.56. The van der Waals surface area contributed by atoms with E-state index in [1.807, 2.05) is 0 Å². The summed E-state index contributed by atoms with van der Waals surface area (Å²) in [4.78, 5) is 2.37. The van der Waals surface area contributed by atoms with Gasteiger partial charge in [-0.05, 0) is 81.9 Å². The van der Waals surface area contributed by atoms with E-state index in [9.17, 15) is 0 Å². The predicted molar refractivity (Wildman–Crippen MR) is 79.6 cm³/mol. The van der Waals surface area contributed by atoms with Crippen LogP contribution in [0.15, 0.2) is 30.0 Å². The Balaban J connectivity index is 2.37. The van der Waals surface area contributed by atoms with Gasteiger partial charge in [0, 0.05) is 17.9 Å².